The summed E-state index contributed by atoms with van der Waals surface area (Å²) in [5.74, 6) is 0.947. The molecule has 3 rings (SSSR count). The van der Waals surface area contributed by atoms with E-state index in [0.29, 0.717) is 0 Å². The van der Waals surface area contributed by atoms with Crippen molar-refractivity contribution in [3.63, 3.8) is 0 Å². The number of hydrogen-bond acceptors (Lipinski definition) is 5. The van der Waals surface area contributed by atoms with Crippen molar-refractivity contribution in [1.29, 1.82) is 0 Å². The number of anilines is 1. The van der Waals surface area contributed by atoms with Crippen LogP contribution in [0.2, 0.25) is 0 Å². The minimum atomic E-state index is 0.770. The van der Waals surface area contributed by atoms with Crippen LogP contribution in [0.4, 0.5) is 5.69 Å². The summed E-state index contributed by atoms with van der Waals surface area (Å²) in [6.07, 6.45) is 2.01. The van der Waals surface area contributed by atoms with Gasteiger partial charge in [0.15, 0.2) is 0 Å². The predicted octanol–water partition coefficient (Wildman–Crippen LogP) is 2.18. The fourth-order valence-electron chi connectivity index (χ4n) is 3.04. The van der Waals surface area contributed by atoms with Crippen LogP contribution in [-0.2, 0) is 24.9 Å². The highest BCUT2D eigenvalue weighted by Crippen LogP contribution is 2.23. The van der Waals surface area contributed by atoms with Gasteiger partial charge in [-0.25, -0.2) is 0 Å². The SMILES string of the molecule is COc1ccc(CNc2cn(C)nc2C)cc1CN1CCOCC1. The average molecular weight is 330 g/mol. The summed E-state index contributed by atoms with van der Waals surface area (Å²) in [5, 5.41) is 7.82. The van der Waals surface area contributed by atoms with Crippen LogP contribution in [0.5, 0.6) is 5.75 Å². The zero-order valence-electron chi connectivity index (χ0n) is 14.7. The van der Waals surface area contributed by atoms with Gasteiger partial charge in [0, 0.05) is 45.0 Å². The van der Waals surface area contributed by atoms with Gasteiger partial charge >= 0.3 is 0 Å². The van der Waals surface area contributed by atoms with Gasteiger partial charge in [-0.3, -0.25) is 9.58 Å². The largest absolute Gasteiger partial charge is 0.496 e. The summed E-state index contributed by atoms with van der Waals surface area (Å²) in [4.78, 5) is 2.41. The Labute approximate surface area is 143 Å². The lowest BCUT2D eigenvalue weighted by Crippen LogP contribution is -2.35. The second kappa shape index (κ2) is 7.68. The Bertz CT molecular complexity index is 678. The highest BCUT2D eigenvalue weighted by molar-refractivity contribution is 5.47. The van der Waals surface area contributed by atoms with E-state index < -0.39 is 0 Å². The maximum Gasteiger partial charge on any atom is 0.123 e. The maximum atomic E-state index is 5.54. The lowest BCUT2D eigenvalue weighted by atomic mass is 10.1. The molecule has 0 unspecified atom stereocenters. The van der Waals surface area contributed by atoms with E-state index in [4.69, 9.17) is 9.47 Å². The molecule has 2 aromatic rings. The van der Waals surface area contributed by atoms with Gasteiger partial charge in [-0.1, -0.05) is 6.07 Å². The van der Waals surface area contributed by atoms with Gasteiger partial charge in [-0.15, -0.1) is 0 Å². The Kier molecular flexibility index (Phi) is 5.37. The lowest BCUT2D eigenvalue weighted by Gasteiger charge is -2.27. The molecule has 0 aliphatic carbocycles. The van der Waals surface area contributed by atoms with E-state index in [9.17, 15) is 0 Å². The van der Waals surface area contributed by atoms with Crippen LogP contribution < -0.4 is 10.1 Å². The van der Waals surface area contributed by atoms with Crippen LogP contribution in [0.15, 0.2) is 24.4 Å². The van der Waals surface area contributed by atoms with Gasteiger partial charge in [0.25, 0.3) is 0 Å². The fraction of sp³-hybridized carbons (Fsp3) is 0.500. The first-order valence-electron chi connectivity index (χ1n) is 8.35. The molecule has 0 saturated carbocycles. The molecule has 0 radical (unpaired) electrons. The van der Waals surface area contributed by atoms with Crippen molar-refractivity contribution in [2.24, 2.45) is 7.05 Å². The van der Waals surface area contributed by atoms with Crippen molar-refractivity contribution in [2.75, 3.05) is 38.7 Å². The molecule has 1 fully saturated rings. The van der Waals surface area contributed by atoms with E-state index in [2.05, 4.69) is 33.5 Å². The van der Waals surface area contributed by atoms with E-state index >= 15 is 0 Å². The van der Waals surface area contributed by atoms with Crippen molar-refractivity contribution < 1.29 is 9.47 Å². The minimum Gasteiger partial charge on any atom is -0.496 e. The molecule has 1 saturated heterocycles. The third kappa shape index (κ3) is 4.07. The molecule has 24 heavy (non-hydrogen) atoms. The first kappa shape index (κ1) is 16.8. The number of nitrogens with one attached hydrogen (secondary N) is 1. The zero-order valence-corrected chi connectivity index (χ0v) is 14.7. The fourth-order valence-corrected chi connectivity index (χ4v) is 3.04. The summed E-state index contributed by atoms with van der Waals surface area (Å²) in [6, 6.07) is 6.40. The van der Waals surface area contributed by atoms with Crippen LogP contribution in [0.3, 0.4) is 0 Å². The molecule has 6 nitrogen and oxygen atoms in total. The molecule has 0 spiro atoms. The number of methoxy groups -OCH3 is 1. The van der Waals surface area contributed by atoms with Crippen LogP contribution in [0, 0.1) is 6.92 Å². The summed E-state index contributed by atoms with van der Waals surface area (Å²) in [6.45, 7) is 7.24. The summed E-state index contributed by atoms with van der Waals surface area (Å²) in [5.41, 5.74) is 4.55. The molecule has 0 bridgehead atoms. The van der Waals surface area contributed by atoms with Crippen molar-refractivity contribution in [2.45, 2.75) is 20.0 Å². The molecule has 0 atom stereocenters. The highest BCUT2D eigenvalue weighted by atomic mass is 16.5. The number of nitrogens with zero attached hydrogens (tertiary/aromatic N) is 3. The molecule has 1 N–H and O–H groups in total. The topological polar surface area (TPSA) is 51.5 Å². The van der Waals surface area contributed by atoms with Crippen molar-refractivity contribution in [3.8, 4) is 5.75 Å². The monoisotopic (exact) mass is 330 g/mol. The molecular formula is C18H26N4O2. The summed E-state index contributed by atoms with van der Waals surface area (Å²) >= 11 is 0. The van der Waals surface area contributed by atoms with Gasteiger partial charge in [0.1, 0.15) is 5.75 Å². The maximum absolute atomic E-state index is 5.54. The van der Waals surface area contributed by atoms with E-state index in [-0.39, 0.29) is 0 Å². The Morgan fingerprint density at radius 2 is 2.08 bits per heavy atom. The number of aryl methyl sites for hydroxylation is 2. The number of aromatic nitrogens is 2. The average Bonchev–Trinajstić information content (AvgIpc) is 2.91. The first-order chi connectivity index (χ1) is 11.7. The quantitative estimate of drug-likeness (QED) is 0.880. The van der Waals surface area contributed by atoms with Crippen LogP contribution in [0.1, 0.15) is 16.8 Å². The van der Waals surface area contributed by atoms with Gasteiger partial charge in [-0.2, -0.15) is 5.10 Å². The molecule has 130 valence electrons. The van der Waals surface area contributed by atoms with Crippen molar-refractivity contribution in [1.82, 2.24) is 14.7 Å². The molecular weight excluding hydrogens is 304 g/mol. The van der Waals surface area contributed by atoms with Gasteiger partial charge in [0.2, 0.25) is 0 Å². The Morgan fingerprint density at radius 3 is 2.75 bits per heavy atom. The van der Waals surface area contributed by atoms with Gasteiger partial charge < -0.3 is 14.8 Å². The summed E-state index contributed by atoms with van der Waals surface area (Å²) < 4.78 is 12.8. The predicted molar refractivity (Wildman–Crippen MR) is 94.4 cm³/mol. The smallest absolute Gasteiger partial charge is 0.123 e. The number of morpholine rings is 1. The molecule has 1 aromatic heterocycles. The van der Waals surface area contributed by atoms with E-state index in [0.717, 1.165) is 56.5 Å². The number of ether oxygens (including phenoxy) is 2. The molecule has 1 aromatic carbocycles. The van der Waals surface area contributed by atoms with Crippen LogP contribution in [0.25, 0.3) is 0 Å². The lowest BCUT2D eigenvalue weighted by molar-refractivity contribution is 0.0339. The standard InChI is InChI=1S/C18H26N4O2/c1-14-17(13-21(2)20-14)19-11-15-4-5-18(23-3)16(10-15)12-22-6-8-24-9-7-22/h4-5,10,13,19H,6-9,11-12H2,1-3H3. The van der Waals surface area contributed by atoms with Crippen LogP contribution in [-0.4, -0.2) is 48.1 Å². The third-order valence-corrected chi connectivity index (χ3v) is 4.34. The number of hydrogen-bond donors (Lipinski definition) is 1. The van der Waals surface area contributed by atoms with Gasteiger partial charge in [0.05, 0.1) is 31.7 Å². The second-order valence-corrected chi connectivity index (χ2v) is 6.19. The van der Waals surface area contributed by atoms with E-state index in [1.807, 2.05) is 24.9 Å². The Balaban J connectivity index is 1.69. The minimum absolute atomic E-state index is 0.770. The zero-order chi connectivity index (χ0) is 16.9. The van der Waals surface area contributed by atoms with Crippen LogP contribution >= 0.6 is 0 Å². The third-order valence-electron chi connectivity index (χ3n) is 4.34. The molecule has 1 aliphatic heterocycles. The Hall–Kier alpha value is -2.05. The summed E-state index contributed by atoms with van der Waals surface area (Å²) in [7, 11) is 3.67. The van der Waals surface area contributed by atoms with Crippen molar-refractivity contribution in [3.05, 3.63) is 41.2 Å². The molecule has 0 amide bonds. The van der Waals surface area contributed by atoms with Crippen molar-refractivity contribution >= 4 is 5.69 Å². The molecule has 6 heteroatoms. The van der Waals surface area contributed by atoms with E-state index in [1.165, 1.54) is 11.1 Å². The Morgan fingerprint density at radius 1 is 1.29 bits per heavy atom. The molecule has 1 aliphatic rings. The highest BCUT2D eigenvalue weighted by Gasteiger charge is 2.14. The number of benzene rings is 1. The number of rotatable bonds is 6. The van der Waals surface area contributed by atoms with Gasteiger partial charge in [-0.05, 0) is 24.6 Å². The first-order valence-corrected chi connectivity index (χ1v) is 8.35. The van der Waals surface area contributed by atoms with E-state index in [1.54, 1.807) is 7.11 Å². The normalized spacial score (nSPS) is 15.5. The second-order valence-electron chi connectivity index (χ2n) is 6.19. The molecule has 2 heterocycles.